The van der Waals surface area contributed by atoms with Crippen LogP contribution in [0.25, 0.3) is 10.9 Å². The quantitative estimate of drug-likeness (QED) is 0.748. The number of halogens is 1. The van der Waals surface area contributed by atoms with Crippen LogP contribution in [0.4, 0.5) is 0 Å². The first-order valence-electron chi connectivity index (χ1n) is 5.21. The van der Waals surface area contributed by atoms with Crippen LogP contribution >= 0.6 is 11.6 Å². The molecule has 3 rings (SSSR count). The average Bonchev–Trinajstić information content (AvgIpc) is 2.55. The standard InChI is InChI=1S/C12H11ClN2O/c1-7-11-10(16-5-4-14-7)3-2-9-12(11)8(13)6-15-9/h2-3,6,15H,4-5H2,1H3. The molecule has 4 heteroatoms. The predicted molar refractivity (Wildman–Crippen MR) is 65.9 cm³/mol. The molecule has 0 amide bonds. The first-order chi connectivity index (χ1) is 7.77. The van der Waals surface area contributed by atoms with E-state index in [1.807, 2.05) is 19.1 Å². The Hall–Kier alpha value is -1.48. The van der Waals surface area contributed by atoms with Crippen LogP contribution in [-0.2, 0) is 0 Å². The van der Waals surface area contributed by atoms with Crippen molar-refractivity contribution in [1.29, 1.82) is 0 Å². The number of benzene rings is 1. The second kappa shape index (κ2) is 3.52. The minimum Gasteiger partial charge on any atom is -0.491 e. The number of nitrogens with zero attached hydrogens (tertiary/aromatic N) is 1. The maximum absolute atomic E-state index is 6.19. The van der Waals surface area contributed by atoms with Crippen molar-refractivity contribution in [3.05, 3.63) is 28.9 Å². The molecule has 0 radical (unpaired) electrons. The Morgan fingerprint density at radius 3 is 3.19 bits per heavy atom. The zero-order valence-electron chi connectivity index (χ0n) is 8.88. The number of aromatic nitrogens is 1. The van der Waals surface area contributed by atoms with E-state index in [-0.39, 0.29) is 0 Å². The molecule has 1 N–H and O–H groups in total. The van der Waals surface area contributed by atoms with Gasteiger partial charge in [-0.1, -0.05) is 11.6 Å². The molecule has 0 bridgehead atoms. The molecular formula is C12H11ClN2O. The van der Waals surface area contributed by atoms with Crippen molar-refractivity contribution in [3.63, 3.8) is 0 Å². The number of rotatable bonds is 0. The fraction of sp³-hybridized carbons (Fsp3) is 0.250. The minimum absolute atomic E-state index is 0.623. The molecule has 0 unspecified atom stereocenters. The van der Waals surface area contributed by atoms with Crippen molar-refractivity contribution in [2.75, 3.05) is 13.2 Å². The molecule has 1 aliphatic rings. The lowest BCUT2D eigenvalue weighted by atomic mass is 10.1. The average molecular weight is 235 g/mol. The van der Waals surface area contributed by atoms with Gasteiger partial charge in [-0.3, -0.25) is 4.99 Å². The van der Waals surface area contributed by atoms with Crippen LogP contribution in [0, 0.1) is 0 Å². The van der Waals surface area contributed by atoms with Crippen LogP contribution in [0.3, 0.4) is 0 Å². The van der Waals surface area contributed by atoms with Gasteiger partial charge in [0.1, 0.15) is 12.4 Å². The summed E-state index contributed by atoms with van der Waals surface area (Å²) in [7, 11) is 0. The van der Waals surface area contributed by atoms with E-state index in [1.54, 1.807) is 6.20 Å². The minimum atomic E-state index is 0.623. The van der Waals surface area contributed by atoms with Crippen LogP contribution in [0.2, 0.25) is 5.02 Å². The van der Waals surface area contributed by atoms with Gasteiger partial charge in [-0.05, 0) is 19.1 Å². The number of H-pyrrole nitrogens is 1. The molecular weight excluding hydrogens is 224 g/mol. The van der Waals surface area contributed by atoms with Gasteiger partial charge in [-0.25, -0.2) is 0 Å². The second-order valence-corrected chi connectivity index (χ2v) is 4.22. The normalized spacial score (nSPS) is 15.2. The summed E-state index contributed by atoms with van der Waals surface area (Å²) in [6, 6.07) is 3.95. The third kappa shape index (κ3) is 1.32. The number of aliphatic imine (C=N–C) groups is 1. The van der Waals surface area contributed by atoms with Gasteiger partial charge < -0.3 is 9.72 Å². The number of nitrogens with one attached hydrogen (secondary N) is 1. The van der Waals surface area contributed by atoms with E-state index >= 15 is 0 Å². The third-order valence-corrected chi connectivity index (χ3v) is 3.12. The Kier molecular flexibility index (Phi) is 2.14. The summed E-state index contributed by atoms with van der Waals surface area (Å²) < 4.78 is 5.66. The van der Waals surface area contributed by atoms with Gasteiger partial charge in [0, 0.05) is 28.4 Å². The molecule has 0 aliphatic carbocycles. The number of ether oxygens (including phenoxy) is 1. The van der Waals surface area contributed by atoms with Gasteiger partial charge in [-0.2, -0.15) is 0 Å². The number of fused-ring (bicyclic) bond motifs is 3. The van der Waals surface area contributed by atoms with Crippen LogP contribution < -0.4 is 4.74 Å². The van der Waals surface area contributed by atoms with E-state index < -0.39 is 0 Å². The molecule has 2 aromatic rings. The van der Waals surface area contributed by atoms with E-state index in [0.717, 1.165) is 27.9 Å². The summed E-state index contributed by atoms with van der Waals surface area (Å²) in [5.41, 5.74) is 3.02. The van der Waals surface area contributed by atoms with Crippen molar-refractivity contribution in [3.8, 4) is 5.75 Å². The molecule has 1 aromatic carbocycles. The highest BCUT2D eigenvalue weighted by atomic mass is 35.5. The maximum Gasteiger partial charge on any atom is 0.129 e. The number of aromatic amines is 1. The van der Waals surface area contributed by atoms with E-state index in [2.05, 4.69) is 9.98 Å². The summed E-state index contributed by atoms with van der Waals surface area (Å²) in [5.74, 6) is 0.868. The van der Waals surface area contributed by atoms with Crippen molar-refractivity contribution >= 4 is 28.2 Å². The molecule has 3 nitrogen and oxygen atoms in total. The summed E-state index contributed by atoms with van der Waals surface area (Å²) in [6.07, 6.45) is 1.80. The molecule has 0 saturated heterocycles. The van der Waals surface area contributed by atoms with Gasteiger partial charge in [0.2, 0.25) is 0 Å². The maximum atomic E-state index is 6.19. The Morgan fingerprint density at radius 2 is 2.31 bits per heavy atom. The van der Waals surface area contributed by atoms with Gasteiger partial charge in [0.25, 0.3) is 0 Å². The molecule has 82 valence electrons. The van der Waals surface area contributed by atoms with Gasteiger partial charge in [0.05, 0.1) is 11.6 Å². The van der Waals surface area contributed by atoms with E-state index in [1.165, 1.54) is 0 Å². The van der Waals surface area contributed by atoms with E-state index in [4.69, 9.17) is 16.3 Å². The van der Waals surface area contributed by atoms with E-state index in [9.17, 15) is 0 Å². The molecule has 0 spiro atoms. The highest BCUT2D eigenvalue weighted by molar-refractivity contribution is 6.37. The predicted octanol–water partition coefficient (Wildman–Crippen LogP) is 3.02. The van der Waals surface area contributed by atoms with Crippen LogP contribution in [0.1, 0.15) is 12.5 Å². The molecule has 0 saturated carbocycles. The number of hydrogen-bond acceptors (Lipinski definition) is 2. The second-order valence-electron chi connectivity index (χ2n) is 3.81. The molecule has 1 aromatic heterocycles. The number of hydrogen-bond donors (Lipinski definition) is 1. The lowest BCUT2D eigenvalue weighted by Gasteiger charge is -2.08. The highest BCUT2D eigenvalue weighted by Crippen LogP contribution is 2.34. The topological polar surface area (TPSA) is 37.4 Å². The lowest BCUT2D eigenvalue weighted by molar-refractivity contribution is 0.331. The molecule has 1 aliphatic heterocycles. The Labute approximate surface area is 98.1 Å². The monoisotopic (exact) mass is 234 g/mol. The van der Waals surface area contributed by atoms with Gasteiger partial charge in [0.15, 0.2) is 0 Å². The fourth-order valence-corrected chi connectivity index (χ4v) is 2.34. The first-order valence-corrected chi connectivity index (χ1v) is 5.59. The summed E-state index contributed by atoms with van der Waals surface area (Å²) in [6.45, 7) is 3.32. The Morgan fingerprint density at radius 1 is 1.44 bits per heavy atom. The first kappa shape index (κ1) is 9.73. The molecule has 2 heterocycles. The van der Waals surface area contributed by atoms with Crippen molar-refractivity contribution in [2.24, 2.45) is 4.99 Å². The van der Waals surface area contributed by atoms with Crippen molar-refractivity contribution in [1.82, 2.24) is 4.98 Å². The smallest absolute Gasteiger partial charge is 0.129 e. The Bertz CT molecular complexity index is 586. The summed E-state index contributed by atoms with van der Waals surface area (Å²) in [4.78, 5) is 7.59. The van der Waals surface area contributed by atoms with Crippen LogP contribution in [0.15, 0.2) is 23.3 Å². The van der Waals surface area contributed by atoms with Crippen molar-refractivity contribution < 1.29 is 4.74 Å². The Balaban J connectivity index is 2.42. The zero-order chi connectivity index (χ0) is 11.1. The highest BCUT2D eigenvalue weighted by Gasteiger charge is 2.17. The lowest BCUT2D eigenvalue weighted by Crippen LogP contribution is -1.99. The molecule has 16 heavy (non-hydrogen) atoms. The summed E-state index contributed by atoms with van der Waals surface area (Å²) >= 11 is 6.19. The van der Waals surface area contributed by atoms with Crippen LogP contribution in [-0.4, -0.2) is 23.8 Å². The fourth-order valence-electron chi connectivity index (χ4n) is 2.09. The van der Waals surface area contributed by atoms with Gasteiger partial charge >= 0.3 is 0 Å². The third-order valence-electron chi connectivity index (χ3n) is 2.82. The molecule has 0 fully saturated rings. The largest absolute Gasteiger partial charge is 0.491 e. The summed E-state index contributed by atoms with van der Waals surface area (Å²) in [5, 5.41) is 1.72. The van der Waals surface area contributed by atoms with Crippen LogP contribution in [0.5, 0.6) is 5.75 Å². The zero-order valence-corrected chi connectivity index (χ0v) is 9.64. The van der Waals surface area contributed by atoms with Crippen molar-refractivity contribution in [2.45, 2.75) is 6.92 Å². The SMILES string of the molecule is CC1=NCCOc2ccc3[nH]cc(Cl)c3c21. The van der Waals surface area contributed by atoms with E-state index in [0.29, 0.717) is 18.2 Å². The molecule has 0 atom stereocenters. The van der Waals surface area contributed by atoms with Gasteiger partial charge in [-0.15, -0.1) is 0 Å².